The van der Waals surface area contributed by atoms with Crippen LogP contribution in [0.5, 0.6) is 11.5 Å². The third-order valence-corrected chi connectivity index (χ3v) is 3.85. The van der Waals surface area contributed by atoms with Gasteiger partial charge in [0.05, 0.1) is 19.0 Å². The van der Waals surface area contributed by atoms with E-state index in [-0.39, 0.29) is 17.6 Å². The molecule has 1 aromatic rings. The zero-order valence-electron chi connectivity index (χ0n) is 14.3. The normalized spacial score (nSPS) is 10.2. The first-order valence-corrected chi connectivity index (χ1v) is 9.27. The molecule has 1 rings (SSSR count). The molecule has 3 N–H and O–H groups in total. The molecule has 0 bridgehead atoms. The molecule has 0 saturated carbocycles. The molecule has 0 saturated heterocycles. The summed E-state index contributed by atoms with van der Waals surface area (Å²) in [7, 11) is 0. The molecule has 24 heavy (non-hydrogen) atoms. The highest BCUT2D eigenvalue weighted by Gasteiger charge is 2.09. The molecule has 0 aliphatic rings. The lowest BCUT2D eigenvalue weighted by atomic mass is 10.2. The van der Waals surface area contributed by atoms with E-state index in [2.05, 4.69) is 5.32 Å². The summed E-state index contributed by atoms with van der Waals surface area (Å²) in [6.45, 7) is 5.27. The molecule has 7 heteroatoms. The molecule has 0 fully saturated rings. The average Bonchev–Trinajstić information content (AvgIpc) is 2.55. The molecule has 0 aliphatic heterocycles. The molecule has 0 aliphatic carbocycles. The number of nitrogens with two attached hydrogens (primary N) is 1. The summed E-state index contributed by atoms with van der Waals surface area (Å²) in [6, 6.07) is 5.37. The quantitative estimate of drug-likeness (QED) is 0.563. The Kier molecular flexibility index (Phi) is 9.76. The monoisotopic (exact) mass is 354 g/mol. The van der Waals surface area contributed by atoms with Gasteiger partial charge in [0.2, 0.25) is 11.8 Å². The third-order valence-electron chi connectivity index (χ3n) is 2.87. The fourth-order valence-corrected chi connectivity index (χ4v) is 2.48. The number of carbonyl (C=O) groups is 2. The first-order valence-electron chi connectivity index (χ1n) is 8.12. The van der Waals surface area contributed by atoms with Gasteiger partial charge < -0.3 is 20.5 Å². The van der Waals surface area contributed by atoms with Gasteiger partial charge in [-0.15, -0.1) is 0 Å². The average molecular weight is 354 g/mol. The van der Waals surface area contributed by atoms with Crippen molar-refractivity contribution in [2.45, 2.75) is 33.1 Å². The molecule has 0 radical (unpaired) electrons. The molecule has 1 aromatic carbocycles. The summed E-state index contributed by atoms with van der Waals surface area (Å²) >= 11 is 1.35. The van der Waals surface area contributed by atoms with E-state index in [1.165, 1.54) is 11.8 Å². The highest BCUT2D eigenvalue weighted by atomic mass is 32.2. The van der Waals surface area contributed by atoms with Crippen molar-refractivity contribution in [3.05, 3.63) is 18.2 Å². The maximum Gasteiger partial charge on any atom is 0.227 e. The van der Waals surface area contributed by atoms with E-state index in [0.717, 1.165) is 12.8 Å². The minimum absolute atomic E-state index is 0.115. The molecule has 0 spiro atoms. The number of nitrogens with one attached hydrogen (secondary N) is 1. The summed E-state index contributed by atoms with van der Waals surface area (Å²) in [5.41, 5.74) is 5.71. The summed E-state index contributed by atoms with van der Waals surface area (Å²) < 4.78 is 11.4. The number of primary amides is 1. The van der Waals surface area contributed by atoms with Gasteiger partial charge in [-0.3, -0.25) is 9.59 Å². The topological polar surface area (TPSA) is 90.6 Å². The second-order valence-corrected chi connectivity index (χ2v) is 6.28. The Labute approximate surface area is 147 Å². The molecule has 134 valence electrons. The van der Waals surface area contributed by atoms with Crippen molar-refractivity contribution >= 4 is 29.3 Å². The van der Waals surface area contributed by atoms with Crippen LogP contribution in [0.15, 0.2) is 18.2 Å². The van der Waals surface area contributed by atoms with Crippen molar-refractivity contribution in [2.24, 2.45) is 5.73 Å². The van der Waals surface area contributed by atoms with Crippen LogP contribution >= 0.6 is 11.8 Å². The van der Waals surface area contributed by atoms with Crippen LogP contribution in [0.2, 0.25) is 0 Å². The van der Waals surface area contributed by atoms with Crippen LogP contribution in [-0.4, -0.2) is 36.5 Å². The molecule has 0 heterocycles. The van der Waals surface area contributed by atoms with Gasteiger partial charge in [0.1, 0.15) is 0 Å². The first kappa shape index (κ1) is 20.2. The molecule has 6 nitrogen and oxygen atoms in total. The number of hydrogen-bond donors (Lipinski definition) is 2. The van der Waals surface area contributed by atoms with E-state index in [1.54, 1.807) is 18.2 Å². The molecule has 0 atom stereocenters. The molecule has 0 unspecified atom stereocenters. The lowest BCUT2D eigenvalue weighted by Crippen LogP contribution is -2.15. The fraction of sp³-hybridized carbons (Fsp3) is 0.529. The van der Waals surface area contributed by atoms with Gasteiger partial charge in [0.25, 0.3) is 0 Å². The summed E-state index contributed by atoms with van der Waals surface area (Å²) in [4.78, 5) is 22.6. The number of benzene rings is 1. The zero-order chi connectivity index (χ0) is 17.8. The Morgan fingerprint density at radius 2 is 1.79 bits per heavy atom. The second-order valence-electron chi connectivity index (χ2n) is 5.18. The largest absolute Gasteiger partial charge is 0.490 e. The Morgan fingerprint density at radius 3 is 2.42 bits per heavy atom. The van der Waals surface area contributed by atoms with Crippen molar-refractivity contribution < 1.29 is 19.1 Å². The van der Waals surface area contributed by atoms with E-state index < -0.39 is 0 Å². The molecule has 2 amide bonds. The Bertz CT molecular complexity index is 537. The summed E-state index contributed by atoms with van der Waals surface area (Å²) in [5.74, 6) is 1.60. The SMILES string of the molecule is CCCOc1ccc(NC(=O)CCSCC(N)=O)cc1OCCC. The predicted molar refractivity (Wildman–Crippen MR) is 97.8 cm³/mol. The van der Waals surface area contributed by atoms with E-state index >= 15 is 0 Å². The van der Waals surface area contributed by atoms with Gasteiger partial charge in [-0.05, 0) is 25.0 Å². The highest BCUT2D eigenvalue weighted by molar-refractivity contribution is 7.99. The lowest BCUT2D eigenvalue weighted by molar-refractivity contribution is -0.116. The van der Waals surface area contributed by atoms with Crippen molar-refractivity contribution in [3.63, 3.8) is 0 Å². The van der Waals surface area contributed by atoms with Gasteiger partial charge in [0.15, 0.2) is 11.5 Å². The van der Waals surface area contributed by atoms with Crippen LogP contribution in [0.1, 0.15) is 33.1 Å². The zero-order valence-corrected chi connectivity index (χ0v) is 15.1. The van der Waals surface area contributed by atoms with Gasteiger partial charge in [0, 0.05) is 23.9 Å². The Morgan fingerprint density at radius 1 is 1.12 bits per heavy atom. The molecule has 0 aromatic heterocycles. The number of anilines is 1. The van der Waals surface area contributed by atoms with Crippen LogP contribution in [0.3, 0.4) is 0 Å². The second kappa shape index (κ2) is 11.6. The fourth-order valence-electron chi connectivity index (χ4n) is 1.80. The number of ether oxygens (including phenoxy) is 2. The van der Waals surface area contributed by atoms with Gasteiger partial charge in [-0.25, -0.2) is 0 Å². The first-order chi connectivity index (χ1) is 11.6. The standard InChI is InChI=1S/C17H26N2O4S/c1-3-8-22-14-6-5-13(11-15(14)23-9-4-2)19-17(21)7-10-24-12-16(18)20/h5-6,11H,3-4,7-10,12H2,1-2H3,(H2,18,20)(H,19,21). The smallest absolute Gasteiger partial charge is 0.227 e. The van der Waals surface area contributed by atoms with Gasteiger partial charge in [-0.2, -0.15) is 11.8 Å². The van der Waals surface area contributed by atoms with Crippen LogP contribution < -0.4 is 20.5 Å². The van der Waals surface area contributed by atoms with Crippen molar-refractivity contribution in [1.82, 2.24) is 0 Å². The van der Waals surface area contributed by atoms with E-state index in [9.17, 15) is 9.59 Å². The summed E-state index contributed by atoms with van der Waals surface area (Å²) in [6.07, 6.45) is 2.12. The van der Waals surface area contributed by atoms with Crippen molar-refractivity contribution in [2.75, 3.05) is 30.0 Å². The minimum atomic E-state index is -0.374. The van der Waals surface area contributed by atoms with Crippen LogP contribution in [-0.2, 0) is 9.59 Å². The lowest BCUT2D eigenvalue weighted by Gasteiger charge is -2.14. The van der Waals surface area contributed by atoms with Crippen molar-refractivity contribution in [3.8, 4) is 11.5 Å². The van der Waals surface area contributed by atoms with Crippen molar-refractivity contribution in [1.29, 1.82) is 0 Å². The maximum absolute atomic E-state index is 11.9. The molecular weight excluding hydrogens is 328 g/mol. The van der Waals surface area contributed by atoms with Crippen LogP contribution in [0.25, 0.3) is 0 Å². The van der Waals surface area contributed by atoms with Crippen LogP contribution in [0.4, 0.5) is 5.69 Å². The number of rotatable bonds is 12. The molecular formula is C17H26N2O4S. The van der Waals surface area contributed by atoms with E-state index in [0.29, 0.717) is 42.6 Å². The Hall–Kier alpha value is -1.89. The predicted octanol–water partition coefficient (Wildman–Crippen LogP) is 2.81. The van der Waals surface area contributed by atoms with E-state index in [1.807, 2.05) is 13.8 Å². The van der Waals surface area contributed by atoms with Gasteiger partial charge >= 0.3 is 0 Å². The maximum atomic E-state index is 11.9. The number of carbonyl (C=O) groups excluding carboxylic acids is 2. The van der Waals surface area contributed by atoms with Crippen LogP contribution in [0, 0.1) is 0 Å². The number of thioether (sulfide) groups is 1. The minimum Gasteiger partial charge on any atom is -0.490 e. The van der Waals surface area contributed by atoms with Gasteiger partial charge in [-0.1, -0.05) is 13.8 Å². The van der Waals surface area contributed by atoms with E-state index in [4.69, 9.17) is 15.2 Å². The summed E-state index contributed by atoms with van der Waals surface area (Å²) in [5, 5.41) is 2.83. The highest BCUT2D eigenvalue weighted by Crippen LogP contribution is 2.31. The number of amides is 2. The number of hydrogen-bond acceptors (Lipinski definition) is 5. The third kappa shape index (κ3) is 8.10. The Balaban J connectivity index is 2.60.